The number of amides is 1. The summed E-state index contributed by atoms with van der Waals surface area (Å²) in [5.41, 5.74) is 0.859. The summed E-state index contributed by atoms with van der Waals surface area (Å²) < 4.78 is 38.3. The first-order valence-electron chi connectivity index (χ1n) is 11.4. The summed E-state index contributed by atoms with van der Waals surface area (Å²) in [7, 11) is 1.66. The number of hydrogen-bond donors (Lipinski definition) is 1. The van der Waals surface area contributed by atoms with Crippen LogP contribution in [0.1, 0.15) is 32.8 Å². The topological polar surface area (TPSA) is 98.1 Å². The molecule has 1 fully saturated rings. The standard InChI is InChI=1S/C22H25ClFN7O2/c1-12-11-31(17(14(3)33-12)10-26-18-6-5-15(23)7-25-18)22(32)20-19(13(2)30(4)29-20)21-27-8-16(24)9-28-21/h5-9,12,14,17H,10-11H2,1-4H3,(H,25,26)/t12-,14+,17-/m1/s1/i11D2. The number of rotatable bonds is 5. The Labute approximate surface area is 198 Å². The van der Waals surface area contributed by atoms with E-state index in [1.54, 1.807) is 40.0 Å². The van der Waals surface area contributed by atoms with E-state index in [0.29, 0.717) is 22.1 Å². The Bertz CT molecular complexity index is 1220. The first-order chi connectivity index (χ1) is 16.5. The van der Waals surface area contributed by atoms with Gasteiger partial charge in [-0.15, -0.1) is 0 Å². The number of nitrogens with one attached hydrogen (secondary N) is 1. The van der Waals surface area contributed by atoms with Crippen molar-refractivity contribution in [3.63, 3.8) is 0 Å². The Morgan fingerprint density at radius 3 is 2.70 bits per heavy atom. The van der Waals surface area contributed by atoms with Gasteiger partial charge in [0.15, 0.2) is 17.3 Å². The molecule has 11 heteroatoms. The Kier molecular flexibility index (Phi) is 5.84. The second kappa shape index (κ2) is 9.40. The van der Waals surface area contributed by atoms with Crippen LogP contribution in [0.5, 0.6) is 0 Å². The van der Waals surface area contributed by atoms with E-state index in [1.165, 1.54) is 10.9 Å². The van der Waals surface area contributed by atoms with Crippen molar-refractivity contribution < 1.29 is 16.7 Å². The zero-order valence-electron chi connectivity index (χ0n) is 20.6. The summed E-state index contributed by atoms with van der Waals surface area (Å²) in [5, 5.41) is 7.97. The van der Waals surface area contributed by atoms with Crippen LogP contribution in [0.2, 0.25) is 5.02 Å². The molecule has 0 aliphatic carbocycles. The summed E-state index contributed by atoms with van der Waals surface area (Å²) in [6.07, 6.45) is 2.09. The summed E-state index contributed by atoms with van der Waals surface area (Å²) >= 11 is 5.91. The van der Waals surface area contributed by atoms with Crippen LogP contribution in [0.15, 0.2) is 30.7 Å². The third kappa shape index (κ3) is 4.81. The van der Waals surface area contributed by atoms with Crippen LogP contribution in [0.4, 0.5) is 10.2 Å². The summed E-state index contributed by atoms with van der Waals surface area (Å²) in [6, 6.07) is 2.65. The van der Waals surface area contributed by atoms with E-state index in [2.05, 4.69) is 25.4 Å². The zero-order chi connectivity index (χ0) is 25.5. The maximum Gasteiger partial charge on any atom is 0.275 e. The lowest BCUT2D eigenvalue weighted by atomic mass is 10.0. The molecule has 3 aromatic heterocycles. The number of nitrogens with zero attached hydrogens (tertiary/aromatic N) is 6. The molecule has 1 saturated heterocycles. The van der Waals surface area contributed by atoms with E-state index in [9.17, 15) is 9.18 Å². The van der Waals surface area contributed by atoms with Crippen LogP contribution in [-0.4, -0.2) is 66.8 Å². The van der Waals surface area contributed by atoms with Gasteiger partial charge in [-0.2, -0.15) is 5.10 Å². The van der Waals surface area contributed by atoms with Gasteiger partial charge in [-0.1, -0.05) is 11.6 Å². The van der Waals surface area contributed by atoms with E-state index in [-0.39, 0.29) is 18.1 Å². The fraction of sp³-hybridized carbons (Fsp3) is 0.409. The highest BCUT2D eigenvalue weighted by Crippen LogP contribution is 2.28. The van der Waals surface area contributed by atoms with Crippen LogP contribution in [0.3, 0.4) is 0 Å². The maximum atomic E-state index is 14.0. The van der Waals surface area contributed by atoms with Gasteiger partial charge in [0.2, 0.25) is 0 Å². The maximum absolute atomic E-state index is 14.0. The SMILES string of the molecule is [2H]C1([2H])[C@@H](C)O[C@@H](C)[C@@H](CNc2ccc(Cl)cn2)N1C(=O)c1nn(C)c(C)c1-c1ncc(F)cn1. The number of hydrogen-bond acceptors (Lipinski definition) is 7. The van der Waals surface area contributed by atoms with Gasteiger partial charge in [0.05, 0.1) is 44.0 Å². The highest BCUT2D eigenvalue weighted by Gasteiger charge is 2.38. The van der Waals surface area contributed by atoms with Crippen LogP contribution < -0.4 is 5.32 Å². The third-order valence-electron chi connectivity index (χ3n) is 5.43. The Hall–Kier alpha value is -3.11. The van der Waals surface area contributed by atoms with Crippen molar-refractivity contribution in [2.75, 3.05) is 18.4 Å². The first-order valence-corrected chi connectivity index (χ1v) is 10.7. The lowest BCUT2D eigenvalue weighted by Crippen LogP contribution is -2.58. The second-order valence-corrected chi connectivity index (χ2v) is 8.19. The average molecular weight is 476 g/mol. The Balaban J connectivity index is 1.74. The van der Waals surface area contributed by atoms with Crippen LogP contribution in [0, 0.1) is 12.7 Å². The van der Waals surface area contributed by atoms with E-state index in [4.69, 9.17) is 19.1 Å². The van der Waals surface area contributed by atoms with Gasteiger partial charge in [0.1, 0.15) is 5.82 Å². The molecule has 9 nitrogen and oxygen atoms in total. The van der Waals surface area contributed by atoms with Crippen LogP contribution >= 0.6 is 11.6 Å². The number of carbonyl (C=O) groups is 1. The second-order valence-electron chi connectivity index (χ2n) is 7.76. The fourth-order valence-corrected chi connectivity index (χ4v) is 3.79. The highest BCUT2D eigenvalue weighted by molar-refractivity contribution is 6.30. The van der Waals surface area contributed by atoms with Crippen molar-refractivity contribution in [1.29, 1.82) is 0 Å². The molecule has 3 aromatic rings. The molecule has 1 aliphatic rings. The minimum absolute atomic E-state index is 0.0311. The molecule has 4 heterocycles. The van der Waals surface area contributed by atoms with Gasteiger partial charge in [-0.25, -0.2) is 19.3 Å². The molecule has 3 atom stereocenters. The molecular weight excluding hydrogens is 449 g/mol. The third-order valence-corrected chi connectivity index (χ3v) is 5.66. The first kappa shape index (κ1) is 20.5. The molecule has 0 radical (unpaired) electrons. The summed E-state index contributed by atoms with van der Waals surface area (Å²) in [4.78, 5) is 27.4. The monoisotopic (exact) mass is 475 g/mol. The van der Waals surface area contributed by atoms with Crippen LogP contribution in [-0.2, 0) is 11.8 Å². The summed E-state index contributed by atoms with van der Waals surface area (Å²) in [6.45, 7) is 3.09. The minimum atomic E-state index is -2.16. The quantitative estimate of drug-likeness (QED) is 0.605. The van der Waals surface area contributed by atoms with E-state index < -0.39 is 36.5 Å². The summed E-state index contributed by atoms with van der Waals surface area (Å²) in [5.74, 6) is -0.630. The number of morpholine rings is 1. The van der Waals surface area contributed by atoms with Gasteiger partial charge in [0.25, 0.3) is 5.91 Å². The van der Waals surface area contributed by atoms with E-state index in [0.717, 1.165) is 17.3 Å². The Morgan fingerprint density at radius 2 is 2.03 bits per heavy atom. The number of aromatic nitrogens is 5. The molecule has 1 aliphatic heterocycles. The predicted molar refractivity (Wildman–Crippen MR) is 121 cm³/mol. The number of pyridine rings is 1. The molecule has 0 aromatic carbocycles. The lowest BCUT2D eigenvalue weighted by Gasteiger charge is -2.42. The van der Waals surface area contributed by atoms with E-state index in [1.807, 2.05) is 0 Å². The molecule has 1 N–H and O–H groups in total. The molecule has 0 spiro atoms. The molecule has 0 saturated carbocycles. The van der Waals surface area contributed by atoms with Gasteiger partial charge >= 0.3 is 0 Å². The normalized spacial score (nSPS) is 23.1. The average Bonchev–Trinajstić information content (AvgIpc) is 3.11. The molecule has 1 amide bonds. The molecule has 0 bridgehead atoms. The van der Waals surface area contributed by atoms with Gasteiger partial charge < -0.3 is 15.0 Å². The number of aryl methyl sites for hydroxylation is 1. The molecule has 174 valence electrons. The largest absolute Gasteiger partial charge is 0.372 e. The number of halogens is 2. The molecule has 33 heavy (non-hydrogen) atoms. The zero-order valence-corrected chi connectivity index (χ0v) is 19.3. The van der Waals surface area contributed by atoms with Gasteiger partial charge in [0, 0.05) is 32.0 Å². The predicted octanol–water partition coefficient (Wildman–Crippen LogP) is 3.10. The van der Waals surface area contributed by atoms with Crippen molar-refractivity contribution in [2.24, 2.45) is 7.05 Å². The van der Waals surface area contributed by atoms with Crippen molar-refractivity contribution >= 4 is 23.3 Å². The lowest BCUT2D eigenvalue weighted by molar-refractivity contribution is -0.0880. The van der Waals surface area contributed by atoms with Crippen molar-refractivity contribution in [2.45, 2.75) is 39.0 Å². The Morgan fingerprint density at radius 1 is 1.30 bits per heavy atom. The van der Waals surface area contributed by atoms with Gasteiger partial charge in [-0.05, 0) is 32.9 Å². The van der Waals surface area contributed by atoms with Crippen molar-refractivity contribution in [3.05, 3.63) is 53.0 Å². The van der Waals surface area contributed by atoms with Crippen LogP contribution in [0.25, 0.3) is 11.4 Å². The highest BCUT2D eigenvalue weighted by atomic mass is 35.5. The smallest absolute Gasteiger partial charge is 0.275 e. The number of anilines is 1. The minimum Gasteiger partial charge on any atom is -0.372 e. The van der Waals surface area contributed by atoms with E-state index >= 15 is 0 Å². The van der Waals surface area contributed by atoms with Gasteiger partial charge in [-0.3, -0.25) is 9.48 Å². The number of ether oxygens (including phenoxy) is 1. The fourth-order valence-electron chi connectivity index (χ4n) is 3.68. The molecule has 0 unspecified atom stereocenters. The van der Waals surface area contributed by atoms with Crippen molar-refractivity contribution in [1.82, 2.24) is 29.6 Å². The molecule has 4 rings (SSSR count). The van der Waals surface area contributed by atoms with Crippen molar-refractivity contribution in [3.8, 4) is 11.4 Å². The number of carbonyl (C=O) groups excluding carboxylic acids is 1. The molecular formula is C22H25ClFN7O2.